The number of rotatable bonds is 8. The number of thioether (sulfide) groups is 1. The van der Waals surface area contributed by atoms with Crippen molar-refractivity contribution in [3.05, 3.63) is 59.7 Å². The predicted octanol–water partition coefficient (Wildman–Crippen LogP) is 5.22. The fourth-order valence-corrected chi connectivity index (χ4v) is 4.05. The van der Waals surface area contributed by atoms with Crippen molar-refractivity contribution in [1.82, 2.24) is 5.32 Å². The van der Waals surface area contributed by atoms with Crippen molar-refractivity contribution in [1.29, 1.82) is 0 Å². The Labute approximate surface area is 171 Å². The van der Waals surface area contributed by atoms with Gasteiger partial charge in [-0.25, -0.2) is 4.79 Å². The number of nitrogens with one attached hydrogen (secondary N) is 1. The number of ether oxygens (including phenoxy) is 1. The second kappa shape index (κ2) is 9.78. The van der Waals surface area contributed by atoms with Crippen LogP contribution in [0.25, 0.3) is 11.1 Å². The molecule has 2 aromatic rings. The zero-order chi connectivity index (χ0) is 19.9. The highest BCUT2D eigenvalue weighted by molar-refractivity contribution is 8.13. The number of carbonyl (C=O) groups is 2. The van der Waals surface area contributed by atoms with E-state index in [2.05, 4.69) is 43.4 Å². The first-order valence-corrected chi connectivity index (χ1v) is 10.8. The Kier molecular flexibility index (Phi) is 7.15. The zero-order valence-electron chi connectivity index (χ0n) is 16.4. The lowest BCUT2D eigenvalue weighted by atomic mass is 9.98. The standard InChI is InChI=1S/C23H27NO3S/c1-16(2)11-13-24-22(25)12-14-28-23(26)27-15-21-19-9-5-3-7-17(19)18-8-4-6-10-20(18)21/h3-10,16,21H,11-15H2,1-2H3,(H,24,25). The molecule has 2 aromatic carbocycles. The number of carbonyl (C=O) groups excluding carboxylic acids is 2. The van der Waals surface area contributed by atoms with Gasteiger partial charge in [-0.1, -0.05) is 62.4 Å². The lowest BCUT2D eigenvalue weighted by Gasteiger charge is -2.13. The molecule has 0 heterocycles. The van der Waals surface area contributed by atoms with E-state index in [9.17, 15) is 9.59 Å². The van der Waals surface area contributed by atoms with Crippen molar-refractivity contribution in [2.45, 2.75) is 32.6 Å². The van der Waals surface area contributed by atoms with Gasteiger partial charge in [0.1, 0.15) is 6.61 Å². The summed E-state index contributed by atoms with van der Waals surface area (Å²) in [6.07, 6.45) is 1.29. The molecule has 1 aliphatic rings. The molecule has 0 aromatic heterocycles. The van der Waals surface area contributed by atoms with Gasteiger partial charge in [0.05, 0.1) is 0 Å². The van der Waals surface area contributed by atoms with E-state index in [4.69, 9.17) is 4.74 Å². The Balaban J connectivity index is 1.46. The van der Waals surface area contributed by atoms with Gasteiger partial charge in [-0.2, -0.15) is 0 Å². The molecule has 3 rings (SSSR count). The molecule has 1 aliphatic carbocycles. The largest absolute Gasteiger partial charge is 0.457 e. The van der Waals surface area contributed by atoms with Crippen molar-refractivity contribution < 1.29 is 14.3 Å². The second-order valence-corrected chi connectivity index (χ2v) is 8.45. The quantitative estimate of drug-likeness (QED) is 0.621. The molecule has 148 valence electrons. The van der Waals surface area contributed by atoms with Gasteiger partial charge in [-0.05, 0) is 46.4 Å². The maximum Gasteiger partial charge on any atom is 0.367 e. The van der Waals surface area contributed by atoms with Gasteiger partial charge in [0.2, 0.25) is 5.91 Å². The van der Waals surface area contributed by atoms with E-state index in [1.165, 1.54) is 22.3 Å². The van der Waals surface area contributed by atoms with Crippen molar-refractivity contribution in [3.8, 4) is 11.1 Å². The minimum Gasteiger partial charge on any atom is -0.457 e. The molecule has 1 N–H and O–H groups in total. The van der Waals surface area contributed by atoms with Crippen molar-refractivity contribution in [3.63, 3.8) is 0 Å². The van der Waals surface area contributed by atoms with Crippen LogP contribution in [0.2, 0.25) is 0 Å². The molecule has 0 spiro atoms. The maximum atomic E-state index is 12.1. The van der Waals surface area contributed by atoms with Crippen LogP contribution in [-0.4, -0.2) is 30.1 Å². The Morgan fingerprint density at radius 1 is 1.04 bits per heavy atom. The third kappa shape index (κ3) is 5.16. The monoisotopic (exact) mass is 397 g/mol. The zero-order valence-corrected chi connectivity index (χ0v) is 17.3. The summed E-state index contributed by atoms with van der Waals surface area (Å²) in [4.78, 5) is 23.9. The van der Waals surface area contributed by atoms with Crippen molar-refractivity contribution >= 4 is 23.0 Å². The van der Waals surface area contributed by atoms with Gasteiger partial charge in [0, 0.05) is 24.6 Å². The topological polar surface area (TPSA) is 55.4 Å². The fourth-order valence-electron chi connectivity index (χ4n) is 3.45. The first kappa shape index (κ1) is 20.5. The number of hydrogen-bond donors (Lipinski definition) is 1. The van der Waals surface area contributed by atoms with Gasteiger partial charge < -0.3 is 10.1 Å². The summed E-state index contributed by atoms with van der Waals surface area (Å²) >= 11 is 1.07. The normalized spacial score (nSPS) is 12.5. The minimum atomic E-state index is -0.322. The summed E-state index contributed by atoms with van der Waals surface area (Å²) in [5, 5.41) is 2.56. The van der Waals surface area contributed by atoms with Crippen molar-refractivity contribution in [2.24, 2.45) is 5.92 Å². The molecule has 5 heteroatoms. The molecule has 0 unspecified atom stereocenters. The number of fused-ring (bicyclic) bond motifs is 3. The van der Waals surface area contributed by atoms with Crippen LogP contribution in [0.3, 0.4) is 0 Å². The molecule has 1 amide bonds. The second-order valence-electron chi connectivity index (χ2n) is 7.42. The number of benzene rings is 2. The van der Waals surface area contributed by atoms with Crippen LogP contribution in [-0.2, 0) is 9.53 Å². The first-order valence-electron chi connectivity index (χ1n) is 9.80. The van der Waals surface area contributed by atoms with E-state index >= 15 is 0 Å². The van der Waals surface area contributed by atoms with Crippen LogP contribution >= 0.6 is 11.8 Å². The smallest absolute Gasteiger partial charge is 0.367 e. The van der Waals surface area contributed by atoms with Gasteiger partial charge in [-0.15, -0.1) is 0 Å². The minimum absolute atomic E-state index is 0.0143. The average molecular weight is 398 g/mol. The molecule has 0 aliphatic heterocycles. The van der Waals surface area contributed by atoms with Crippen molar-refractivity contribution in [2.75, 3.05) is 18.9 Å². The van der Waals surface area contributed by atoms with E-state index in [0.717, 1.165) is 18.2 Å². The highest BCUT2D eigenvalue weighted by atomic mass is 32.2. The number of amides is 1. The molecular weight excluding hydrogens is 370 g/mol. The Morgan fingerprint density at radius 3 is 2.25 bits per heavy atom. The Bertz CT molecular complexity index is 789. The van der Waals surface area contributed by atoms with E-state index in [-0.39, 0.29) is 17.1 Å². The van der Waals surface area contributed by atoms with Crippen LogP contribution in [0.5, 0.6) is 0 Å². The van der Waals surface area contributed by atoms with Crippen LogP contribution in [0, 0.1) is 5.92 Å². The first-order chi connectivity index (χ1) is 13.6. The summed E-state index contributed by atoms with van der Waals surface area (Å²) in [6, 6.07) is 16.5. The number of hydrogen-bond acceptors (Lipinski definition) is 4. The average Bonchev–Trinajstić information content (AvgIpc) is 3.00. The van der Waals surface area contributed by atoms with E-state index in [1.807, 2.05) is 24.3 Å². The van der Waals surface area contributed by atoms with E-state index in [1.54, 1.807) is 0 Å². The van der Waals surface area contributed by atoms with Crippen LogP contribution in [0.15, 0.2) is 48.5 Å². The molecule has 0 radical (unpaired) electrons. The third-order valence-electron chi connectivity index (χ3n) is 4.92. The Morgan fingerprint density at radius 2 is 1.64 bits per heavy atom. The lowest BCUT2D eigenvalue weighted by molar-refractivity contribution is -0.120. The SMILES string of the molecule is CC(C)CCNC(=O)CCSC(=O)OCC1c2ccccc2-c2ccccc21. The summed E-state index contributed by atoms with van der Waals surface area (Å²) < 4.78 is 5.53. The van der Waals surface area contributed by atoms with Gasteiger partial charge in [0.15, 0.2) is 0 Å². The fraction of sp³-hybridized carbons (Fsp3) is 0.391. The molecule has 4 nitrogen and oxygen atoms in total. The highest BCUT2D eigenvalue weighted by Crippen LogP contribution is 2.44. The molecule has 0 fully saturated rings. The summed E-state index contributed by atoms with van der Waals surface area (Å²) in [7, 11) is 0. The molecule has 0 saturated heterocycles. The summed E-state index contributed by atoms with van der Waals surface area (Å²) in [6.45, 7) is 5.25. The van der Waals surface area contributed by atoms with Crippen LogP contribution in [0.1, 0.15) is 43.7 Å². The molecular formula is C23H27NO3S. The van der Waals surface area contributed by atoms with Crippen LogP contribution in [0.4, 0.5) is 4.79 Å². The molecule has 0 atom stereocenters. The highest BCUT2D eigenvalue weighted by Gasteiger charge is 2.28. The Hall–Kier alpha value is -2.27. The van der Waals surface area contributed by atoms with Gasteiger partial charge in [-0.3, -0.25) is 4.79 Å². The molecule has 0 bridgehead atoms. The summed E-state index contributed by atoms with van der Waals surface area (Å²) in [5.74, 6) is 1.05. The molecule has 0 saturated carbocycles. The maximum absolute atomic E-state index is 12.1. The van der Waals surface area contributed by atoms with E-state index < -0.39 is 0 Å². The van der Waals surface area contributed by atoms with E-state index in [0.29, 0.717) is 31.2 Å². The third-order valence-corrected chi connectivity index (χ3v) is 5.69. The lowest BCUT2D eigenvalue weighted by Crippen LogP contribution is -2.25. The van der Waals surface area contributed by atoms with Gasteiger partial charge in [0.25, 0.3) is 0 Å². The van der Waals surface area contributed by atoms with Crippen LogP contribution < -0.4 is 5.32 Å². The summed E-state index contributed by atoms with van der Waals surface area (Å²) in [5.41, 5.74) is 4.83. The van der Waals surface area contributed by atoms with Gasteiger partial charge >= 0.3 is 5.30 Å². The molecule has 28 heavy (non-hydrogen) atoms. The predicted molar refractivity (Wildman–Crippen MR) is 115 cm³/mol.